The minimum absolute atomic E-state index is 0.872. The molecule has 3 heteroatoms. The minimum Gasteiger partial charge on any atom is -0.151 e. The van der Waals surface area contributed by atoms with Crippen molar-refractivity contribution in [3.8, 4) is 0 Å². The Labute approximate surface area is 130 Å². The van der Waals surface area contributed by atoms with Crippen molar-refractivity contribution < 1.29 is 0 Å². The van der Waals surface area contributed by atoms with Crippen LogP contribution in [0.2, 0.25) is 0 Å². The Morgan fingerprint density at radius 1 is 0.476 bits per heavy atom. The lowest BCUT2D eigenvalue weighted by atomic mass is 10.3. The van der Waals surface area contributed by atoms with Gasteiger partial charge in [0.25, 0.3) is 0 Å². The van der Waals surface area contributed by atoms with Gasteiger partial charge in [-0.15, -0.1) is 12.6 Å². The Morgan fingerprint density at radius 3 is 1.10 bits per heavy atom. The molecule has 0 spiro atoms. The van der Waals surface area contributed by atoms with E-state index in [2.05, 4.69) is 22.9 Å². The molecule has 0 amide bonds. The van der Waals surface area contributed by atoms with E-state index >= 15 is 0 Å². The molecule has 0 unspecified atom stereocenters. The van der Waals surface area contributed by atoms with E-state index in [1.807, 2.05) is 91.0 Å². The Kier molecular flexibility index (Phi) is 6.23. The predicted octanol–water partition coefficient (Wildman–Crippen LogP) is 6.08. The van der Waals surface area contributed by atoms with E-state index in [1.165, 1.54) is 0 Å². The lowest BCUT2D eigenvalue weighted by Crippen LogP contribution is -1.62. The molecule has 0 aromatic heterocycles. The zero-order chi connectivity index (χ0) is 14.8. The van der Waals surface area contributed by atoms with Crippen molar-refractivity contribution in [3.63, 3.8) is 0 Å². The highest BCUT2D eigenvalue weighted by molar-refractivity contribution is 7.80. The fraction of sp³-hybridized carbons (Fsp3) is 0. The van der Waals surface area contributed by atoms with Gasteiger partial charge in [0, 0.05) is 4.90 Å². The monoisotopic (exact) mass is 292 g/mol. The van der Waals surface area contributed by atoms with Crippen LogP contribution in [-0.4, -0.2) is 0 Å². The third-order valence-corrected chi connectivity index (χ3v) is 2.85. The second-order valence-electron chi connectivity index (χ2n) is 4.21. The molecular weight excluding hydrogens is 276 g/mol. The van der Waals surface area contributed by atoms with Crippen LogP contribution < -0.4 is 0 Å². The Morgan fingerprint density at radius 2 is 0.810 bits per heavy atom. The van der Waals surface area contributed by atoms with Gasteiger partial charge in [-0.25, -0.2) is 0 Å². The van der Waals surface area contributed by atoms with Crippen molar-refractivity contribution in [2.24, 2.45) is 10.2 Å². The van der Waals surface area contributed by atoms with Crippen molar-refractivity contribution in [1.29, 1.82) is 0 Å². The topological polar surface area (TPSA) is 24.7 Å². The molecule has 21 heavy (non-hydrogen) atoms. The summed E-state index contributed by atoms with van der Waals surface area (Å²) in [7, 11) is 0. The molecule has 3 aromatic rings. The first-order valence-corrected chi connectivity index (χ1v) is 7.05. The van der Waals surface area contributed by atoms with E-state index in [-0.39, 0.29) is 0 Å². The number of thiol groups is 1. The van der Waals surface area contributed by atoms with Crippen LogP contribution in [0.3, 0.4) is 0 Å². The van der Waals surface area contributed by atoms with Crippen molar-refractivity contribution in [2.45, 2.75) is 4.90 Å². The first-order chi connectivity index (χ1) is 10.3. The molecule has 0 heterocycles. The van der Waals surface area contributed by atoms with E-state index in [0.29, 0.717) is 0 Å². The van der Waals surface area contributed by atoms with Gasteiger partial charge in [-0.3, -0.25) is 0 Å². The number of rotatable bonds is 2. The number of nitrogens with zero attached hydrogens (tertiary/aromatic N) is 2. The first-order valence-electron chi connectivity index (χ1n) is 6.60. The molecule has 0 aliphatic carbocycles. The van der Waals surface area contributed by atoms with Crippen molar-refractivity contribution in [3.05, 3.63) is 91.0 Å². The normalized spacial score (nSPS) is 9.95. The van der Waals surface area contributed by atoms with Gasteiger partial charge in [-0.05, 0) is 36.4 Å². The smallest absolute Gasteiger partial charge is 0.0857 e. The summed E-state index contributed by atoms with van der Waals surface area (Å²) in [5, 5.41) is 8.20. The molecule has 0 aliphatic heterocycles. The summed E-state index contributed by atoms with van der Waals surface area (Å²) >= 11 is 4.08. The van der Waals surface area contributed by atoms with Crippen LogP contribution in [0.15, 0.2) is 106 Å². The van der Waals surface area contributed by atoms with Gasteiger partial charge in [0.15, 0.2) is 0 Å². The Bertz CT molecular complexity index is 611. The largest absolute Gasteiger partial charge is 0.151 e. The number of azo groups is 1. The lowest BCUT2D eigenvalue weighted by molar-refractivity contribution is 1.23. The van der Waals surface area contributed by atoms with Gasteiger partial charge < -0.3 is 0 Å². The molecule has 0 saturated carbocycles. The van der Waals surface area contributed by atoms with Crippen LogP contribution in [0.1, 0.15) is 0 Å². The fourth-order valence-electron chi connectivity index (χ4n) is 1.53. The SMILES string of the molecule is Sc1ccccc1.c1ccc(/N=N/c2ccccc2)cc1. The maximum Gasteiger partial charge on any atom is 0.0857 e. The summed E-state index contributed by atoms with van der Waals surface area (Å²) in [5.41, 5.74) is 1.74. The third-order valence-electron chi connectivity index (χ3n) is 2.55. The molecule has 0 atom stereocenters. The summed E-state index contributed by atoms with van der Waals surface area (Å²) in [6.45, 7) is 0. The first kappa shape index (κ1) is 15.0. The van der Waals surface area contributed by atoms with Crippen molar-refractivity contribution in [2.75, 3.05) is 0 Å². The number of hydrogen-bond donors (Lipinski definition) is 1. The fourth-order valence-corrected chi connectivity index (χ4v) is 1.70. The predicted molar refractivity (Wildman–Crippen MR) is 90.8 cm³/mol. The molecule has 0 aliphatic rings. The molecule has 0 N–H and O–H groups in total. The van der Waals surface area contributed by atoms with Crippen LogP contribution in [0.25, 0.3) is 0 Å². The molecule has 104 valence electrons. The second-order valence-corrected chi connectivity index (χ2v) is 4.72. The van der Waals surface area contributed by atoms with Gasteiger partial charge >= 0.3 is 0 Å². The molecule has 3 rings (SSSR count). The summed E-state index contributed by atoms with van der Waals surface area (Å²) < 4.78 is 0. The molecular formula is C18H16N2S. The molecule has 0 saturated heterocycles. The number of benzene rings is 3. The van der Waals surface area contributed by atoms with Crippen LogP contribution in [-0.2, 0) is 0 Å². The molecule has 2 nitrogen and oxygen atoms in total. The van der Waals surface area contributed by atoms with Crippen molar-refractivity contribution in [1.82, 2.24) is 0 Å². The molecule has 0 fully saturated rings. The Balaban J connectivity index is 0.000000194. The number of hydrogen-bond acceptors (Lipinski definition) is 3. The van der Waals surface area contributed by atoms with Gasteiger partial charge in [0.1, 0.15) is 0 Å². The zero-order valence-electron chi connectivity index (χ0n) is 11.5. The standard InChI is InChI=1S/C12H10N2.C6H6S/c1-3-7-11(8-4-1)13-14-12-9-5-2-6-10-12;7-6-4-2-1-3-5-6/h1-10H;1-5,7H/b14-13+;. The summed E-state index contributed by atoms with van der Waals surface area (Å²) in [6.07, 6.45) is 0. The van der Waals surface area contributed by atoms with Crippen LogP contribution in [0, 0.1) is 0 Å². The zero-order valence-corrected chi connectivity index (χ0v) is 12.4. The molecule has 0 bridgehead atoms. The average molecular weight is 292 g/mol. The highest BCUT2D eigenvalue weighted by Crippen LogP contribution is 2.16. The minimum atomic E-state index is 0.872. The van der Waals surface area contributed by atoms with Gasteiger partial charge in [0.05, 0.1) is 11.4 Å². The van der Waals surface area contributed by atoms with Crippen LogP contribution in [0.5, 0.6) is 0 Å². The summed E-state index contributed by atoms with van der Waals surface area (Å²) in [5.74, 6) is 0. The maximum absolute atomic E-state index is 4.10. The molecule has 3 aromatic carbocycles. The van der Waals surface area contributed by atoms with Crippen LogP contribution in [0.4, 0.5) is 11.4 Å². The van der Waals surface area contributed by atoms with Crippen molar-refractivity contribution >= 4 is 24.0 Å². The van der Waals surface area contributed by atoms with Gasteiger partial charge in [-0.2, -0.15) is 10.2 Å². The second kappa shape index (κ2) is 8.72. The van der Waals surface area contributed by atoms with E-state index in [4.69, 9.17) is 0 Å². The van der Waals surface area contributed by atoms with E-state index in [1.54, 1.807) is 0 Å². The summed E-state index contributed by atoms with van der Waals surface area (Å²) in [4.78, 5) is 1.02. The van der Waals surface area contributed by atoms with Crippen LogP contribution >= 0.6 is 12.6 Å². The van der Waals surface area contributed by atoms with Gasteiger partial charge in [0.2, 0.25) is 0 Å². The highest BCUT2D eigenvalue weighted by Gasteiger charge is 1.86. The maximum atomic E-state index is 4.10. The highest BCUT2D eigenvalue weighted by atomic mass is 32.1. The molecule has 0 radical (unpaired) electrons. The third kappa shape index (κ3) is 6.06. The lowest BCUT2D eigenvalue weighted by Gasteiger charge is -1.91. The van der Waals surface area contributed by atoms with E-state index in [9.17, 15) is 0 Å². The van der Waals surface area contributed by atoms with Gasteiger partial charge in [-0.1, -0.05) is 54.6 Å². The van der Waals surface area contributed by atoms with E-state index < -0.39 is 0 Å². The Hall–Kier alpha value is -2.39. The quantitative estimate of drug-likeness (QED) is 0.437. The van der Waals surface area contributed by atoms with E-state index in [0.717, 1.165) is 16.3 Å². The average Bonchev–Trinajstić information content (AvgIpc) is 2.56. The summed E-state index contributed by atoms with van der Waals surface area (Å²) in [6, 6.07) is 29.2.